The summed E-state index contributed by atoms with van der Waals surface area (Å²) in [6.07, 6.45) is 4.80. The molecular formula is C15H27N5O. The molecule has 0 bridgehead atoms. The van der Waals surface area contributed by atoms with Crippen molar-refractivity contribution in [2.75, 3.05) is 50.8 Å². The van der Waals surface area contributed by atoms with E-state index in [-0.39, 0.29) is 0 Å². The van der Waals surface area contributed by atoms with Crippen LogP contribution in [0.5, 0.6) is 5.88 Å². The van der Waals surface area contributed by atoms with Gasteiger partial charge in [-0.1, -0.05) is 6.92 Å². The maximum atomic E-state index is 5.59. The molecular weight excluding hydrogens is 266 g/mol. The summed E-state index contributed by atoms with van der Waals surface area (Å²) in [6.45, 7) is 8.88. The first-order valence-electron chi connectivity index (χ1n) is 7.95. The average molecular weight is 293 g/mol. The molecule has 0 aromatic carbocycles. The third kappa shape index (κ3) is 5.13. The zero-order chi connectivity index (χ0) is 14.9. The van der Waals surface area contributed by atoms with E-state index in [4.69, 9.17) is 10.5 Å². The summed E-state index contributed by atoms with van der Waals surface area (Å²) in [5.41, 5.74) is 5.59. The van der Waals surface area contributed by atoms with E-state index in [1.54, 1.807) is 6.33 Å². The lowest BCUT2D eigenvalue weighted by atomic mass is 10.3. The Balaban J connectivity index is 1.92. The fourth-order valence-corrected chi connectivity index (χ4v) is 2.53. The molecule has 21 heavy (non-hydrogen) atoms. The minimum Gasteiger partial charge on any atom is -0.478 e. The molecule has 0 aliphatic carbocycles. The summed E-state index contributed by atoms with van der Waals surface area (Å²) in [5.74, 6) is 1.64. The monoisotopic (exact) mass is 293 g/mol. The molecule has 1 fully saturated rings. The Morgan fingerprint density at radius 3 is 2.95 bits per heavy atom. The average Bonchev–Trinajstić information content (AvgIpc) is 2.77. The van der Waals surface area contributed by atoms with Crippen LogP contribution >= 0.6 is 0 Å². The number of hydrogen-bond acceptors (Lipinski definition) is 6. The first kappa shape index (κ1) is 16.0. The van der Waals surface area contributed by atoms with Crippen molar-refractivity contribution in [3.05, 3.63) is 12.4 Å². The second kappa shape index (κ2) is 8.79. The van der Waals surface area contributed by atoms with E-state index in [0.29, 0.717) is 12.5 Å². The van der Waals surface area contributed by atoms with Crippen molar-refractivity contribution in [2.24, 2.45) is 5.73 Å². The SMILES string of the molecule is CCCOc1cc(N2CCCN(CCCN)CC2)ncn1. The molecule has 0 atom stereocenters. The number of anilines is 1. The molecule has 2 rings (SSSR count). The molecule has 0 radical (unpaired) electrons. The lowest BCUT2D eigenvalue weighted by Gasteiger charge is -2.22. The van der Waals surface area contributed by atoms with Crippen LogP contribution in [0, 0.1) is 0 Å². The molecule has 1 aliphatic rings. The van der Waals surface area contributed by atoms with Gasteiger partial charge < -0.3 is 20.3 Å². The Morgan fingerprint density at radius 2 is 2.14 bits per heavy atom. The molecule has 1 aromatic rings. The van der Waals surface area contributed by atoms with Gasteiger partial charge in [0.15, 0.2) is 0 Å². The number of rotatable bonds is 7. The van der Waals surface area contributed by atoms with Crippen LogP contribution in [0.15, 0.2) is 12.4 Å². The third-order valence-corrected chi connectivity index (χ3v) is 3.67. The molecule has 0 saturated carbocycles. The number of nitrogens with zero attached hydrogens (tertiary/aromatic N) is 4. The third-order valence-electron chi connectivity index (χ3n) is 3.67. The predicted molar refractivity (Wildman–Crippen MR) is 84.8 cm³/mol. The van der Waals surface area contributed by atoms with Crippen LogP contribution in [0.1, 0.15) is 26.2 Å². The maximum absolute atomic E-state index is 5.59. The Labute approximate surface area is 127 Å². The molecule has 1 saturated heterocycles. The summed E-state index contributed by atoms with van der Waals surface area (Å²) in [7, 11) is 0. The second-order valence-electron chi connectivity index (χ2n) is 5.39. The van der Waals surface area contributed by atoms with E-state index < -0.39 is 0 Å². The Morgan fingerprint density at radius 1 is 1.24 bits per heavy atom. The maximum Gasteiger partial charge on any atom is 0.218 e. The number of aromatic nitrogens is 2. The van der Waals surface area contributed by atoms with E-state index in [9.17, 15) is 0 Å². The zero-order valence-corrected chi connectivity index (χ0v) is 13.0. The quantitative estimate of drug-likeness (QED) is 0.813. The molecule has 2 N–H and O–H groups in total. The van der Waals surface area contributed by atoms with Crippen LogP contribution in [0.25, 0.3) is 0 Å². The van der Waals surface area contributed by atoms with Crippen molar-refractivity contribution in [3.63, 3.8) is 0 Å². The van der Waals surface area contributed by atoms with Crippen LogP contribution in [-0.2, 0) is 0 Å². The van der Waals surface area contributed by atoms with Gasteiger partial charge in [0.1, 0.15) is 12.1 Å². The van der Waals surface area contributed by atoms with Gasteiger partial charge in [-0.15, -0.1) is 0 Å². The van der Waals surface area contributed by atoms with E-state index in [1.807, 2.05) is 6.07 Å². The van der Waals surface area contributed by atoms with Gasteiger partial charge in [-0.05, 0) is 38.9 Å². The smallest absolute Gasteiger partial charge is 0.218 e. The molecule has 1 aliphatic heterocycles. The highest BCUT2D eigenvalue weighted by Gasteiger charge is 2.16. The van der Waals surface area contributed by atoms with Gasteiger partial charge in [-0.3, -0.25) is 0 Å². The van der Waals surface area contributed by atoms with Crippen molar-refractivity contribution < 1.29 is 4.74 Å². The molecule has 1 aromatic heterocycles. The van der Waals surface area contributed by atoms with E-state index in [1.165, 1.54) is 0 Å². The summed E-state index contributed by atoms with van der Waals surface area (Å²) in [5, 5.41) is 0. The molecule has 2 heterocycles. The van der Waals surface area contributed by atoms with Crippen molar-refractivity contribution in [3.8, 4) is 5.88 Å². The minimum atomic E-state index is 0.672. The first-order valence-corrected chi connectivity index (χ1v) is 7.95. The number of nitrogens with two attached hydrogens (primary N) is 1. The van der Waals surface area contributed by atoms with Crippen LogP contribution in [-0.4, -0.2) is 60.7 Å². The molecule has 6 nitrogen and oxygen atoms in total. The van der Waals surface area contributed by atoms with Crippen molar-refractivity contribution >= 4 is 5.82 Å². The van der Waals surface area contributed by atoms with E-state index >= 15 is 0 Å². The largest absolute Gasteiger partial charge is 0.478 e. The molecule has 118 valence electrons. The number of hydrogen-bond donors (Lipinski definition) is 1. The van der Waals surface area contributed by atoms with Crippen LogP contribution in [0.3, 0.4) is 0 Å². The van der Waals surface area contributed by atoms with Crippen LogP contribution in [0.2, 0.25) is 0 Å². The van der Waals surface area contributed by atoms with Gasteiger partial charge in [-0.2, -0.15) is 0 Å². The summed E-state index contributed by atoms with van der Waals surface area (Å²) >= 11 is 0. The van der Waals surface area contributed by atoms with Crippen molar-refractivity contribution in [1.82, 2.24) is 14.9 Å². The molecule has 0 spiro atoms. The zero-order valence-electron chi connectivity index (χ0n) is 13.0. The minimum absolute atomic E-state index is 0.672. The van der Waals surface area contributed by atoms with Gasteiger partial charge >= 0.3 is 0 Å². The Kier molecular flexibility index (Phi) is 6.69. The van der Waals surface area contributed by atoms with Crippen molar-refractivity contribution in [2.45, 2.75) is 26.2 Å². The fraction of sp³-hybridized carbons (Fsp3) is 0.733. The Bertz CT molecular complexity index is 415. The van der Waals surface area contributed by atoms with Gasteiger partial charge in [0.2, 0.25) is 5.88 Å². The highest BCUT2D eigenvalue weighted by atomic mass is 16.5. The fourth-order valence-electron chi connectivity index (χ4n) is 2.53. The topological polar surface area (TPSA) is 67.5 Å². The summed E-state index contributed by atoms with van der Waals surface area (Å²) in [4.78, 5) is 13.4. The lowest BCUT2D eigenvalue weighted by molar-refractivity contribution is 0.291. The first-order chi connectivity index (χ1) is 10.3. The van der Waals surface area contributed by atoms with E-state index in [2.05, 4.69) is 26.7 Å². The summed E-state index contributed by atoms with van der Waals surface area (Å²) in [6, 6.07) is 1.95. The van der Waals surface area contributed by atoms with Gasteiger partial charge in [0, 0.05) is 25.7 Å². The summed E-state index contributed by atoms with van der Waals surface area (Å²) < 4.78 is 5.59. The van der Waals surface area contributed by atoms with Crippen molar-refractivity contribution in [1.29, 1.82) is 0 Å². The highest BCUT2D eigenvalue weighted by Crippen LogP contribution is 2.17. The highest BCUT2D eigenvalue weighted by molar-refractivity contribution is 5.40. The predicted octanol–water partition coefficient (Wildman–Crippen LogP) is 1.13. The van der Waals surface area contributed by atoms with Gasteiger partial charge in [-0.25, -0.2) is 9.97 Å². The Hall–Kier alpha value is -1.40. The van der Waals surface area contributed by atoms with Gasteiger partial charge in [0.05, 0.1) is 6.61 Å². The molecule has 0 unspecified atom stereocenters. The molecule has 6 heteroatoms. The lowest BCUT2D eigenvalue weighted by Crippen LogP contribution is -2.32. The normalized spacial score (nSPS) is 16.8. The van der Waals surface area contributed by atoms with Crippen LogP contribution in [0.4, 0.5) is 5.82 Å². The van der Waals surface area contributed by atoms with Crippen LogP contribution < -0.4 is 15.4 Å². The van der Waals surface area contributed by atoms with Gasteiger partial charge in [0.25, 0.3) is 0 Å². The second-order valence-corrected chi connectivity index (χ2v) is 5.39. The standard InChI is InChI=1S/C15H27N5O/c1-2-11-21-15-12-14(17-13-18-15)20-8-4-7-19(9-10-20)6-3-5-16/h12-13H,2-11,16H2,1H3. The molecule has 0 amide bonds. The van der Waals surface area contributed by atoms with E-state index in [0.717, 1.165) is 64.3 Å². The number of ether oxygens (including phenoxy) is 1.